The summed E-state index contributed by atoms with van der Waals surface area (Å²) in [7, 11) is -2.82. The van der Waals surface area contributed by atoms with E-state index in [0.717, 1.165) is 38.6 Å². The van der Waals surface area contributed by atoms with E-state index >= 15 is 0 Å². The Morgan fingerprint density at radius 3 is 2.62 bits per heavy atom. The maximum atomic E-state index is 11.5. The summed E-state index contributed by atoms with van der Waals surface area (Å²) in [5.41, 5.74) is 1.35. The lowest BCUT2D eigenvalue weighted by molar-refractivity contribution is 0.258. The molecule has 0 aromatic heterocycles. The van der Waals surface area contributed by atoms with Crippen molar-refractivity contribution in [2.24, 2.45) is 4.99 Å². The van der Waals surface area contributed by atoms with Gasteiger partial charge < -0.3 is 10.6 Å². The number of rotatable bonds is 7. The Morgan fingerprint density at radius 2 is 1.93 bits per heavy atom. The molecular weight excluding hydrogens is 386 g/mol. The molecular formula is C21H35N5O2S. The van der Waals surface area contributed by atoms with Gasteiger partial charge in [0.15, 0.2) is 15.8 Å². The second-order valence-corrected chi connectivity index (χ2v) is 10.4. The SMILES string of the molecule is CCNC(=NCCN1CCS(=O)(=O)CC1)NC1CC(C)N(Cc2ccccc2)C1. The van der Waals surface area contributed by atoms with Crippen LogP contribution in [0, 0.1) is 0 Å². The highest BCUT2D eigenvalue weighted by atomic mass is 32.2. The minimum Gasteiger partial charge on any atom is -0.357 e. The molecule has 162 valence electrons. The van der Waals surface area contributed by atoms with Gasteiger partial charge in [-0.15, -0.1) is 0 Å². The van der Waals surface area contributed by atoms with Crippen molar-refractivity contribution >= 4 is 15.8 Å². The number of nitrogens with zero attached hydrogens (tertiary/aromatic N) is 3. The molecule has 3 rings (SSSR count). The van der Waals surface area contributed by atoms with Crippen molar-refractivity contribution in [1.82, 2.24) is 20.4 Å². The highest BCUT2D eigenvalue weighted by Crippen LogP contribution is 2.20. The molecule has 0 radical (unpaired) electrons. The third kappa shape index (κ3) is 6.97. The van der Waals surface area contributed by atoms with Gasteiger partial charge in [0, 0.05) is 51.4 Å². The molecule has 0 saturated carbocycles. The Kier molecular flexibility index (Phi) is 7.91. The maximum absolute atomic E-state index is 11.5. The summed E-state index contributed by atoms with van der Waals surface area (Å²) in [4.78, 5) is 9.43. The Bertz CT molecular complexity index is 755. The monoisotopic (exact) mass is 421 g/mol. The summed E-state index contributed by atoms with van der Waals surface area (Å²) in [5.74, 6) is 1.40. The largest absolute Gasteiger partial charge is 0.357 e. The van der Waals surface area contributed by atoms with E-state index in [4.69, 9.17) is 4.99 Å². The van der Waals surface area contributed by atoms with Crippen LogP contribution >= 0.6 is 0 Å². The van der Waals surface area contributed by atoms with Gasteiger partial charge in [-0.3, -0.25) is 14.8 Å². The zero-order valence-electron chi connectivity index (χ0n) is 17.7. The number of likely N-dealkylation sites (tertiary alicyclic amines) is 1. The highest BCUT2D eigenvalue weighted by molar-refractivity contribution is 7.91. The molecule has 2 aliphatic heterocycles. The summed E-state index contributed by atoms with van der Waals surface area (Å²) >= 11 is 0. The maximum Gasteiger partial charge on any atom is 0.191 e. The smallest absolute Gasteiger partial charge is 0.191 e. The molecule has 1 aromatic rings. The number of nitrogens with one attached hydrogen (secondary N) is 2. The van der Waals surface area contributed by atoms with Crippen LogP contribution in [0.2, 0.25) is 0 Å². The Balaban J connectivity index is 1.47. The first-order valence-corrected chi connectivity index (χ1v) is 12.5. The zero-order valence-corrected chi connectivity index (χ0v) is 18.5. The first-order chi connectivity index (χ1) is 13.9. The minimum absolute atomic E-state index is 0.270. The predicted molar refractivity (Wildman–Crippen MR) is 119 cm³/mol. The van der Waals surface area contributed by atoms with Gasteiger partial charge in [-0.2, -0.15) is 0 Å². The van der Waals surface area contributed by atoms with Crippen LogP contribution in [0.4, 0.5) is 0 Å². The number of benzene rings is 1. The molecule has 2 unspecified atom stereocenters. The second-order valence-electron chi connectivity index (χ2n) is 8.10. The molecule has 2 fully saturated rings. The summed E-state index contributed by atoms with van der Waals surface area (Å²) < 4.78 is 23.1. The third-order valence-corrected chi connectivity index (χ3v) is 7.35. The van der Waals surface area contributed by atoms with Gasteiger partial charge in [0.2, 0.25) is 0 Å². The average molecular weight is 422 g/mol. The van der Waals surface area contributed by atoms with E-state index in [1.165, 1.54) is 5.56 Å². The van der Waals surface area contributed by atoms with E-state index in [9.17, 15) is 8.42 Å². The third-order valence-electron chi connectivity index (χ3n) is 5.74. The molecule has 0 spiro atoms. The van der Waals surface area contributed by atoms with Gasteiger partial charge in [0.25, 0.3) is 0 Å². The molecule has 0 amide bonds. The molecule has 7 nitrogen and oxygen atoms in total. The van der Waals surface area contributed by atoms with Crippen LogP contribution in [0.3, 0.4) is 0 Å². The first-order valence-electron chi connectivity index (χ1n) is 10.7. The van der Waals surface area contributed by atoms with Gasteiger partial charge in [0.05, 0.1) is 18.1 Å². The molecule has 2 heterocycles. The van der Waals surface area contributed by atoms with Crippen LogP contribution in [0.1, 0.15) is 25.8 Å². The van der Waals surface area contributed by atoms with Gasteiger partial charge >= 0.3 is 0 Å². The lowest BCUT2D eigenvalue weighted by Gasteiger charge is -2.26. The van der Waals surface area contributed by atoms with E-state index in [0.29, 0.717) is 31.7 Å². The number of hydrogen-bond acceptors (Lipinski definition) is 5. The fourth-order valence-corrected chi connectivity index (χ4v) is 5.31. The van der Waals surface area contributed by atoms with Crippen molar-refractivity contribution < 1.29 is 8.42 Å². The average Bonchev–Trinajstić information content (AvgIpc) is 3.03. The fourth-order valence-electron chi connectivity index (χ4n) is 4.03. The molecule has 0 aliphatic carbocycles. The molecule has 8 heteroatoms. The molecule has 0 bridgehead atoms. The van der Waals surface area contributed by atoms with Gasteiger partial charge in [0.1, 0.15) is 0 Å². The number of sulfone groups is 1. The summed E-state index contributed by atoms with van der Waals surface area (Å²) in [5, 5.41) is 6.94. The van der Waals surface area contributed by atoms with Crippen LogP contribution in [0.25, 0.3) is 0 Å². The van der Waals surface area contributed by atoms with Crippen molar-refractivity contribution in [2.75, 3.05) is 50.8 Å². The number of guanidine groups is 1. The van der Waals surface area contributed by atoms with Gasteiger partial charge in [-0.1, -0.05) is 30.3 Å². The van der Waals surface area contributed by atoms with Crippen LogP contribution in [0.5, 0.6) is 0 Å². The lowest BCUT2D eigenvalue weighted by Crippen LogP contribution is -2.45. The lowest BCUT2D eigenvalue weighted by atomic mass is 10.2. The van der Waals surface area contributed by atoms with Gasteiger partial charge in [-0.05, 0) is 25.8 Å². The summed E-state index contributed by atoms with van der Waals surface area (Å²) in [6, 6.07) is 11.5. The highest BCUT2D eigenvalue weighted by Gasteiger charge is 2.29. The fraction of sp³-hybridized carbons (Fsp3) is 0.667. The molecule has 2 atom stereocenters. The molecule has 2 aliphatic rings. The van der Waals surface area contributed by atoms with Crippen LogP contribution in [0.15, 0.2) is 35.3 Å². The van der Waals surface area contributed by atoms with E-state index in [1.807, 2.05) is 0 Å². The van der Waals surface area contributed by atoms with Crippen molar-refractivity contribution in [2.45, 2.75) is 38.9 Å². The normalized spacial score (nSPS) is 25.8. The van der Waals surface area contributed by atoms with E-state index in [1.54, 1.807) is 0 Å². The van der Waals surface area contributed by atoms with Crippen molar-refractivity contribution in [3.05, 3.63) is 35.9 Å². The number of aliphatic imine (C=N–C) groups is 1. The second kappa shape index (κ2) is 10.4. The van der Waals surface area contributed by atoms with E-state index < -0.39 is 9.84 Å². The standard InChI is InChI=1S/C21H35N5O2S/c1-3-22-21(23-9-10-25-11-13-29(27,28)14-12-25)24-20-15-18(2)26(17-20)16-19-7-5-4-6-8-19/h4-8,18,20H,3,9-17H2,1-2H3,(H2,22,23,24). The van der Waals surface area contributed by atoms with Crippen molar-refractivity contribution in [3.63, 3.8) is 0 Å². The molecule has 29 heavy (non-hydrogen) atoms. The first kappa shape index (κ1) is 22.1. The predicted octanol–water partition coefficient (Wildman–Crippen LogP) is 0.935. The molecule has 2 saturated heterocycles. The Hall–Kier alpha value is -1.64. The van der Waals surface area contributed by atoms with E-state index in [-0.39, 0.29) is 11.5 Å². The van der Waals surface area contributed by atoms with Crippen LogP contribution in [-0.4, -0.2) is 87.0 Å². The minimum atomic E-state index is -2.82. The summed E-state index contributed by atoms with van der Waals surface area (Å²) in [6.45, 7) is 9.89. The molecule has 2 N–H and O–H groups in total. The van der Waals surface area contributed by atoms with Crippen molar-refractivity contribution in [3.8, 4) is 0 Å². The summed E-state index contributed by atoms with van der Waals surface area (Å²) in [6.07, 6.45) is 1.10. The van der Waals surface area contributed by atoms with Crippen LogP contribution < -0.4 is 10.6 Å². The number of hydrogen-bond donors (Lipinski definition) is 2. The molecule has 1 aromatic carbocycles. The van der Waals surface area contributed by atoms with E-state index in [2.05, 4.69) is 64.6 Å². The topological polar surface area (TPSA) is 77.0 Å². The van der Waals surface area contributed by atoms with Crippen molar-refractivity contribution in [1.29, 1.82) is 0 Å². The zero-order chi connectivity index (χ0) is 20.7. The quantitative estimate of drug-likeness (QED) is 0.504. The Morgan fingerprint density at radius 1 is 1.21 bits per heavy atom. The van der Waals surface area contributed by atoms with Gasteiger partial charge in [-0.25, -0.2) is 8.42 Å². The Labute approximate surface area is 175 Å². The van der Waals surface area contributed by atoms with Crippen LogP contribution in [-0.2, 0) is 16.4 Å².